The lowest BCUT2D eigenvalue weighted by Gasteiger charge is -2.40. The van der Waals surface area contributed by atoms with E-state index >= 15 is 0 Å². The number of carbonyl (C=O) groups excluding carboxylic acids is 2. The van der Waals surface area contributed by atoms with Gasteiger partial charge in [-0.3, -0.25) is 9.59 Å². The van der Waals surface area contributed by atoms with Gasteiger partial charge in [-0.05, 0) is 71.6 Å². The molecule has 1 aliphatic rings. The highest BCUT2D eigenvalue weighted by atomic mass is 16.2. The second kappa shape index (κ2) is 9.60. The van der Waals surface area contributed by atoms with E-state index in [1.165, 1.54) is 12.2 Å². The zero-order valence-electron chi connectivity index (χ0n) is 19.3. The number of nitrogens with one attached hydrogen (secondary N) is 1. The van der Waals surface area contributed by atoms with E-state index in [9.17, 15) is 9.59 Å². The van der Waals surface area contributed by atoms with Gasteiger partial charge in [0.1, 0.15) is 0 Å². The van der Waals surface area contributed by atoms with Gasteiger partial charge in [-0.1, -0.05) is 45.4 Å². The standard InChI is InChI=1S/C25H40N2O2/c1-11-18(5)22(28)26-25(9,10)21-15-20(21)14-17(4)16-24(7,8)27(13-3)23(29)19(6)12-2/h11-12,17,20-21H,1-2,5-6,13-16H2,3-4,7-10H3,(H,26,28)/t17?,20?,21-/m0/s1. The Kier molecular flexibility index (Phi) is 8.25. The van der Waals surface area contributed by atoms with Crippen LogP contribution in [-0.4, -0.2) is 34.3 Å². The van der Waals surface area contributed by atoms with Crippen molar-refractivity contribution in [1.29, 1.82) is 0 Å². The minimum Gasteiger partial charge on any atom is -0.347 e. The summed E-state index contributed by atoms with van der Waals surface area (Å²) >= 11 is 0. The molecular formula is C25H40N2O2. The van der Waals surface area contributed by atoms with E-state index in [1.807, 2.05) is 11.8 Å². The number of rotatable bonds is 12. The fraction of sp³-hybridized carbons (Fsp3) is 0.600. The van der Waals surface area contributed by atoms with Crippen LogP contribution in [0.2, 0.25) is 0 Å². The summed E-state index contributed by atoms with van der Waals surface area (Å²) in [5, 5.41) is 3.10. The van der Waals surface area contributed by atoms with Crippen molar-refractivity contribution in [2.45, 2.75) is 71.9 Å². The minimum atomic E-state index is -0.268. The Morgan fingerprint density at radius 3 is 2.17 bits per heavy atom. The van der Waals surface area contributed by atoms with Crippen molar-refractivity contribution < 1.29 is 9.59 Å². The average Bonchev–Trinajstić information content (AvgIpc) is 3.39. The number of carbonyl (C=O) groups is 2. The van der Waals surface area contributed by atoms with Gasteiger partial charge in [0, 0.05) is 28.8 Å². The van der Waals surface area contributed by atoms with Gasteiger partial charge >= 0.3 is 0 Å². The van der Waals surface area contributed by atoms with Crippen LogP contribution in [0.5, 0.6) is 0 Å². The molecule has 4 nitrogen and oxygen atoms in total. The van der Waals surface area contributed by atoms with Crippen LogP contribution in [-0.2, 0) is 9.59 Å². The molecule has 0 saturated heterocycles. The largest absolute Gasteiger partial charge is 0.347 e. The molecule has 0 aliphatic heterocycles. The Labute approximate surface area is 177 Å². The van der Waals surface area contributed by atoms with Crippen molar-refractivity contribution in [2.75, 3.05) is 6.54 Å². The second-order valence-corrected chi connectivity index (χ2v) is 9.64. The molecule has 0 bridgehead atoms. The van der Waals surface area contributed by atoms with Crippen molar-refractivity contribution in [3.8, 4) is 0 Å². The molecule has 1 saturated carbocycles. The Morgan fingerprint density at radius 2 is 1.69 bits per heavy atom. The van der Waals surface area contributed by atoms with E-state index in [-0.39, 0.29) is 22.9 Å². The number of amides is 2. The van der Waals surface area contributed by atoms with Gasteiger partial charge in [-0.25, -0.2) is 0 Å². The molecule has 162 valence electrons. The van der Waals surface area contributed by atoms with Gasteiger partial charge < -0.3 is 10.2 Å². The Morgan fingerprint density at radius 1 is 1.14 bits per heavy atom. The van der Waals surface area contributed by atoms with Gasteiger partial charge in [-0.2, -0.15) is 0 Å². The van der Waals surface area contributed by atoms with Crippen LogP contribution in [0.1, 0.15) is 60.8 Å². The molecule has 0 heterocycles. The second-order valence-electron chi connectivity index (χ2n) is 9.64. The molecule has 1 fully saturated rings. The topological polar surface area (TPSA) is 49.4 Å². The molecule has 0 spiro atoms. The summed E-state index contributed by atoms with van der Waals surface area (Å²) in [5.74, 6) is 1.31. The first-order valence-corrected chi connectivity index (χ1v) is 10.6. The molecule has 0 aromatic heterocycles. The van der Waals surface area contributed by atoms with E-state index in [0.717, 1.165) is 19.3 Å². The zero-order chi connectivity index (χ0) is 22.6. The molecule has 3 atom stereocenters. The third kappa shape index (κ3) is 6.45. The Hall–Kier alpha value is -2.10. The molecule has 1 aliphatic carbocycles. The minimum absolute atomic E-state index is 0.0460. The molecule has 1 N–H and O–H groups in total. The van der Waals surface area contributed by atoms with Crippen molar-refractivity contribution in [2.24, 2.45) is 17.8 Å². The van der Waals surface area contributed by atoms with Gasteiger partial charge in [0.15, 0.2) is 0 Å². The molecule has 0 aromatic rings. The summed E-state index contributed by atoms with van der Waals surface area (Å²) in [6.07, 6.45) is 6.13. The van der Waals surface area contributed by atoms with Gasteiger partial charge in [0.05, 0.1) is 0 Å². The van der Waals surface area contributed by atoms with E-state index in [2.05, 4.69) is 66.3 Å². The summed E-state index contributed by atoms with van der Waals surface area (Å²) in [6, 6.07) is 0. The molecule has 2 unspecified atom stereocenters. The third-order valence-corrected chi connectivity index (χ3v) is 6.19. The summed E-state index contributed by atoms with van der Waals surface area (Å²) in [5.41, 5.74) is 0.313. The van der Waals surface area contributed by atoms with E-state index in [0.29, 0.717) is 35.4 Å². The smallest absolute Gasteiger partial charge is 0.253 e. The van der Waals surface area contributed by atoms with Crippen molar-refractivity contribution >= 4 is 11.8 Å². The number of hydrogen-bond acceptors (Lipinski definition) is 2. The fourth-order valence-electron chi connectivity index (χ4n) is 4.62. The summed E-state index contributed by atoms with van der Waals surface area (Å²) in [6.45, 7) is 28.1. The van der Waals surface area contributed by atoms with Crippen LogP contribution in [0, 0.1) is 17.8 Å². The monoisotopic (exact) mass is 400 g/mol. The van der Waals surface area contributed by atoms with Gasteiger partial charge in [0.25, 0.3) is 11.8 Å². The summed E-state index contributed by atoms with van der Waals surface area (Å²) in [4.78, 5) is 26.7. The van der Waals surface area contributed by atoms with E-state index in [4.69, 9.17) is 0 Å². The van der Waals surface area contributed by atoms with Crippen molar-refractivity contribution in [1.82, 2.24) is 10.2 Å². The maximum Gasteiger partial charge on any atom is 0.253 e. The third-order valence-electron chi connectivity index (χ3n) is 6.19. The molecule has 0 aromatic carbocycles. The van der Waals surface area contributed by atoms with E-state index < -0.39 is 0 Å². The lowest BCUT2D eigenvalue weighted by Crippen LogP contribution is -2.49. The van der Waals surface area contributed by atoms with Gasteiger partial charge in [-0.15, -0.1) is 0 Å². The lowest BCUT2D eigenvalue weighted by molar-refractivity contribution is -0.132. The Balaban J connectivity index is 2.67. The average molecular weight is 401 g/mol. The molecule has 4 heteroatoms. The molecule has 2 amide bonds. The van der Waals surface area contributed by atoms with Crippen LogP contribution < -0.4 is 5.32 Å². The van der Waals surface area contributed by atoms with E-state index in [1.54, 1.807) is 0 Å². The number of nitrogens with zero attached hydrogens (tertiary/aromatic N) is 1. The molecule has 29 heavy (non-hydrogen) atoms. The summed E-state index contributed by atoms with van der Waals surface area (Å²) < 4.78 is 0. The quantitative estimate of drug-likeness (QED) is 0.368. The maximum absolute atomic E-state index is 12.6. The zero-order valence-corrected chi connectivity index (χ0v) is 19.3. The normalized spacial score (nSPS) is 19.7. The first-order valence-electron chi connectivity index (χ1n) is 10.6. The van der Waals surface area contributed by atoms with Crippen molar-refractivity contribution in [3.63, 3.8) is 0 Å². The van der Waals surface area contributed by atoms with Crippen LogP contribution in [0.3, 0.4) is 0 Å². The predicted octanol–water partition coefficient (Wildman–Crippen LogP) is 5.05. The number of hydrogen-bond donors (Lipinski definition) is 1. The highest BCUT2D eigenvalue weighted by Crippen LogP contribution is 2.50. The molecule has 1 rings (SSSR count). The van der Waals surface area contributed by atoms with Crippen LogP contribution in [0.25, 0.3) is 0 Å². The molecule has 0 radical (unpaired) electrons. The number of likely N-dealkylation sites (N-methyl/N-ethyl adjacent to an activating group) is 1. The maximum atomic E-state index is 12.6. The fourth-order valence-corrected chi connectivity index (χ4v) is 4.62. The van der Waals surface area contributed by atoms with Gasteiger partial charge in [0.2, 0.25) is 0 Å². The predicted molar refractivity (Wildman–Crippen MR) is 122 cm³/mol. The first kappa shape index (κ1) is 24.9. The highest BCUT2D eigenvalue weighted by Gasteiger charge is 2.48. The summed E-state index contributed by atoms with van der Waals surface area (Å²) in [7, 11) is 0. The SMILES string of the molecule is C=CC(=C)C(=O)NC(C)(C)[C@H]1CC1CC(C)CC(C)(C)N(CC)C(=O)C(=C)C=C. The van der Waals surface area contributed by atoms with Crippen molar-refractivity contribution in [3.05, 3.63) is 49.6 Å². The van der Waals surface area contributed by atoms with Crippen LogP contribution in [0.4, 0.5) is 0 Å². The van der Waals surface area contributed by atoms with Crippen LogP contribution in [0.15, 0.2) is 49.6 Å². The first-order chi connectivity index (χ1) is 13.3. The Bertz CT molecular complexity index is 687. The van der Waals surface area contributed by atoms with Crippen LogP contribution >= 0.6 is 0 Å². The lowest BCUT2D eigenvalue weighted by atomic mass is 9.85. The highest BCUT2D eigenvalue weighted by molar-refractivity contribution is 5.96. The molecular weight excluding hydrogens is 360 g/mol.